The lowest BCUT2D eigenvalue weighted by molar-refractivity contribution is -0.149. The van der Waals surface area contributed by atoms with Crippen LogP contribution in [0.5, 0.6) is 5.75 Å². The molecule has 1 heterocycles. The number of carbonyl (C=O) groups excluding carboxylic acids is 1. The van der Waals surface area contributed by atoms with Crippen molar-refractivity contribution in [2.75, 3.05) is 6.61 Å². The first-order chi connectivity index (χ1) is 14.1. The van der Waals surface area contributed by atoms with Gasteiger partial charge in [0.1, 0.15) is 5.58 Å². The predicted octanol–water partition coefficient (Wildman–Crippen LogP) is 5.74. The molecule has 0 bridgehead atoms. The average molecular weight is 429 g/mol. The Bertz CT molecular complexity index is 1120. The molecule has 0 saturated carbocycles. The van der Waals surface area contributed by atoms with Crippen LogP contribution in [0.1, 0.15) is 40.2 Å². The van der Waals surface area contributed by atoms with E-state index >= 15 is 0 Å². The van der Waals surface area contributed by atoms with Crippen molar-refractivity contribution in [3.05, 3.63) is 63.3 Å². The first-order valence-electron chi connectivity index (χ1n) is 9.76. The molecule has 0 atom stereocenters. The number of fused-ring (bicyclic) bond motifs is 1. The highest BCUT2D eigenvalue weighted by Gasteiger charge is 2.21. The molecule has 0 fully saturated rings. The molecule has 3 aromatic rings. The lowest BCUT2D eigenvalue weighted by atomic mass is 9.86. The average Bonchev–Trinajstić information content (AvgIpc) is 2.66. The van der Waals surface area contributed by atoms with E-state index in [1.165, 1.54) is 6.07 Å². The maximum atomic E-state index is 13.1. The van der Waals surface area contributed by atoms with Gasteiger partial charge in [0.15, 0.2) is 12.4 Å². The molecule has 2 aromatic carbocycles. The van der Waals surface area contributed by atoms with Crippen LogP contribution in [0.4, 0.5) is 0 Å². The van der Waals surface area contributed by atoms with Gasteiger partial charge in [-0.25, -0.2) is 4.79 Å². The van der Waals surface area contributed by atoms with Gasteiger partial charge in [-0.2, -0.15) is 0 Å². The lowest BCUT2D eigenvalue weighted by Gasteiger charge is -2.19. The summed E-state index contributed by atoms with van der Waals surface area (Å²) in [6.45, 7) is 9.45. The summed E-state index contributed by atoms with van der Waals surface area (Å²) in [5, 5.41) is 0.687. The number of rotatable bonds is 5. The minimum atomic E-state index is -0.565. The number of carbonyl (C=O) groups is 1. The molecule has 0 aliphatic rings. The predicted molar refractivity (Wildman–Crippen MR) is 118 cm³/mol. The molecule has 6 heteroatoms. The Morgan fingerprint density at radius 3 is 2.37 bits per heavy atom. The van der Waals surface area contributed by atoms with Crippen molar-refractivity contribution in [3.8, 4) is 17.1 Å². The molecular weight excluding hydrogens is 404 g/mol. The van der Waals surface area contributed by atoms with E-state index < -0.39 is 18.0 Å². The number of hydrogen-bond acceptors (Lipinski definition) is 5. The third-order valence-corrected chi connectivity index (χ3v) is 4.76. The Labute approximate surface area is 180 Å². The first-order valence-corrected chi connectivity index (χ1v) is 10.1. The highest BCUT2D eigenvalue weighted by atomic mass is 35.5. The molecule has 0 unspecified atom stereocenters. The molecule has 5 nitrogen and oxygen atoms in total. The van der Waals surface area contributed by atoms with E-state index in [0.29, 0.717) is 16.2 Å². The van der Waals surface area contributed by atoms with Crippen LogP contribution >= 0.6 is 11.6 Å². The van der Waals surface area contributed by atoms with Crippen LogP contribution in [0.2, 0.25) is 5.02 Å². The van der Waals surface area contributed by atoms with E-state index in [-0.39, 0.29) is 28.4 Å². The molecule has 0 radical (unpaired) electrons. The zero-order valence-corrected chi connectivity index (χ0v) is 18.5. The number of halogens is 1. The van der Waals surface area contributed by atoms with Gasteiger partial charge in [-0.1, -0.05) is 56.6 Å². The van der Waals surface area contributed by atoms with Crippen molar-refractivity contribution in [2.24, 2.45) is 0 Å². The smallest absolute Gasteiger partial charge is 0.344 e. The summed E-state index contributed by atoms with van der Waals surface area (Å²) in [4.78, 5) is 25.1. The Morgan fingerprint density at radius 2 is 1.77 bits per heavy atom. The number of hydrogen-bond donors (Lipinski definition) is 0. The second-order valence-corrected chi connectivity index (χ2v) is 8.82. The Morgan fingerprint density at radius 1 is 1.10 bits per heavy atom. The molecule has 1 aromatic heterocycles. The molecule has 158 valence electrons. The van der Waals surface area contributed by atoms with E-state index in [1.54, 1.807) is 26.0 Å². The standard InChI is InChI=1S/C24H25ClO5/c1-14(2)29-20(26)13-28-23-21(27)18-12-17(25)10-11-19(18)30-22(23)15-6-8-16(9-7-15)24(3,4)5/h6-12,14H,13H2,1-5H3. The molecule has 0 saturated heterocycles. The van der Waals surface area contributed by atoms with E-state index in [1.807, 2.05) is 24.3 Å². The van der Waals surface area contributed by atoms with E-state index in [9.17, 15) is 9.59 Å². The second kappa shape index (κ2) is 8.52. The number of esters is 1. The van der Waals surface area contributed by atoms with Gasteiger partial charge >= 0.3 is 5.97 Å². The van der Waals surface area contributed by atoms with Gasteiger partial charge in [-0.15, -0.1) is 0 Å². The van der Waals surface area contributed by atoms with Crippen LogP contribution in [-0.2, 0) is 14.9 Å². The highest BCUT2D eigenvalue weighted by Crippen LogP contribution is 2.33. The Kier molecular flexibility index (Phi) is 6.22. The van der Waals surface area contributed by atoms with Gasteiger partial charge in [-0.3, -0.25) is 4.79 Å². The summed E-state index contributed by atoms with van der Waals surface area (Å²) in [6, 6.07) is 12.5. The van der Waals surface area contributed by atoms with E-state index in [0.717, 1.165) is 5.56 Å². The van der Waals surface area contributed by atoms with Crippen LogP contribution in [0.3, 0.4) is 0 Å². The minimum absolute atomic E-state index is 0.0144. The fourth-order valence-corrected chi connectivity index (χ4v) is 3.19. The van der Waals surface area contributed by atoms with Crippen LogP contribution in [0.15, 0.2) is 51.7 Å². The van der Waals surface area contributed by atoms with Crippen molar-refractivity contribution in [1.29, 1.82) is 0 Å². The quantitative estimate of drug-likeness (QED) is 0.484. The van der Waals surface area contributed by atoms with Gasteiger partial charge in [0, 0.05) is 10.6 Å². The third-order valence-electron chi connectivity index (χ3n) is 4.53. The topological polar surface area (TPSA) is 65.7 Å². The molecule has 0 amide bonds. The molecule has 30 heavy (non-hydrogen) atoms. The van der Waals surface area contributed by atoms with Crippen molar-refractivity contribution < 1.29 is 18.7 Å². The van der Waals surface area contributed by atoms with Gasteiger partial charge in [-0.05, 0) is 43.0 Å². The fourth-order valence-electron chi connectivity index (χ4n) is 3.02. The van der Waals surface area contributed by atoms with Crippen molar-refractivity contribution >= 4 is 28.5 Å². The monoisotopic (exact) mass is 428 g/mol. The van der Waals surface area contributed by atoms with Crippen molar-refractivity contribution in [3.63, 3.8) is 0 Å². The summed E-state index contributed by atoms with van der Waals surface area (Å²) in [5.74, 6) is -0.355. The van der Waals surface area contributed by atoms with E-state index in [2.05, 4.69) is 20.8 Å². The minimum Gasteiger partial charge on any atom is -0.474 e. The molecule has 3 rings (SSSR count). The zero-order valence-electron chi connectivity index (χ0n) is 17.7. The van der Waals surface area contributed by atoms with Gasteiger partial charge < -0.3 is 13.9 Å². The fraction of sp³-hybridized carbons (Fsp3) is 0.333. The van der Waals surface area contributed by atoms with E-state index in [4.69, 9.17) is 25.5 Å². The number of benzene rings is 2. The van der Waals surface area contributed by atoms with Crippen LogP contribution in [0.25, 0.3) is 22.3 Å². The maximum absolute atomic E-state index is 13.1. The summed E-state index contributed by atoms with van der Waals surface area (Å²) in [6.07, 6.45) is -0.280. The van der Waals surface area contributed by atoms with Crippen LogP contribution in [0, 0.1) is 0 Å². The van der Waals surface area contributed by atoms with Crippen molar-refractivity contribution in [2.45, 2.75) is 46.1 Å². The van der Waals surface area contributed by atoms with Crippen molar-refractivity contribution in [1.82, 2.24) is 0 Å². The molecule has 0 N–H and O–H groups in total. The SMILES string of the molecule is CC(C)OC(=O)COc1c(-c2ccc(C(C)(C)C)cc2)oc2ccc(Cl)cc2c1=O. The van der Waals surface area contributed by atoms with Gasteiger partial charge in [0.25, 0.3) is 0 Å². The summed E-state index contributed by atoms with van der Waals surface area (Å²) in [5.41, 5.74) is 1.79. The number of ether oxygens (including phenoxy) is 2. The van der Waals surface area contributed by atoms with Gasteiger partial charge in [0.2, 0.25) is 11.2 Å². The second-order valence-electron chi connectivity index (χ2n) is 8.38. The highest BCUT2D eigenvalue weighted by molar-refractivity contribution is 6.31. The summed E-state index contributed by atoms with van der Waals surface area (Å²) < 4.78 is 16.7. The molecule has 0 spiro atoms. The lowest BCUT2D eigenvalue weighted by Crippen LogP contribution is -2.21. The Balaban J connectivity index is 2.10. The van der Waals surface area contributed by atoms with Crippen LogP contribution in [-0.4, -0.2) is 18.7 Å². The van der Waals surface area contributed by atoms with Crippen LogP contribution < -0.4 is 10.2 Å². The molecule has 0 aliphatic heterocycles. The first kappa shape index (κ1) is 21.9. The zero-order chi connectivity index (χ0) is 22.1. The Hall–Kier alpha value is -2.79. The van der Waals surface area contributed by atoms with Gasteiger partial charge in [0.05, 0.1) is 11.5 Å². The normalized spacial score (nSPS) is 11.7. The molecule has 0 aliphatic carbocycles. The molecular formula is C24H25ClO5. The largest absolute Gasteiger partial charge is 0.474 e. The maximum Gasteiger partial charge on any atom is 0.344 e. The summed E-state index contributed by atoms with van der Waals surface area (Å²) in [7, 11) is 0. The third kappa shape index (κ3) is 4.85. The summed E-state index contributed by atoms with van der Waals surface area (Å²) >= 11 is 6.05.